The van der Waals surface area contributed by atoms with Gasteiger partial charge in [-0.15, -0.1) is 0 Å². The summed E-state index contributed by atoms with van der Waals surface area (Å²) < 4.78 is 1.14. The third-order valence-electron chi connectivity index (χ3n) is 4.72. The molecule has 3 nitrogen and oxygen atoms in total. The number of hydrogen-bond donors (Lipinski definition) is 1. The molecule has 1 N–H and O–H groups in total. The molecular formula is C17H24BrNO2. The molecule has 0 fully saturated rings. The van der Waals surface area contributed by atoms with Crippen molar-refractivity contribution in [3.63, 3.8) is 0 Å². The average molecular weight is 354 g/mol. The molecule has 0 radical (unpaired) electrons. The zero-order valence-electron chi connectivity index (χ0n) is 13.0. The van der Waals surface area contributed by atoms with Crippen molar-refractivity contribution in [2.24, 2.45) is 5.92 Å². The van der Waals surface area contributed by atoms with Gasteiger partial charge in [-0.2, -0.15) is 0 Å². The molecule has 1 aliphatic rings. The van der Waals surface area contributed by atoms with E-state index < -0.39 is 5.97 Å². The highest BCUT2D eigenvalue weighted by Gasteiger charge is 2.32. The Balaban J connectivity index is 2.00. The van der Waals surface area contributed by atoms with Gasteiger partial charge in [0, 0.05) is 35.1 Å². The average Bonchev–Trinajstić information content (AvgIpc) is 2.67. The third kappa shape index (κ3) is 3.79. The second-order valence-electron chi connectivity index (χ2n) is 6.25. The lowest BCUT2D eigenvalue weighted by atomic mass is 9.98. The Morgan fingerprint density at radius 2 is 2.10 bits per heavy atom. The second kappa shape index (κ2) is 6.82. The summed E-state index contributed by atoms with van der Waals surface area (Å²) >= 11 is 3.55. The highest BCUT2D eigenvalue weighted by molar-refractivity contribution is 9.10. The molecule has 1 heterocycles. The fourth-order valence-electron chi connectivity index (χ4n) is 3.10. The zero-order valence-corrected chi connectivity index (χ0v) is 14.6. The van der Waals surface area contributed by atoms with Crippen LogP contribution in [-0.4, -0.2) is 23.7 Å². The van der Waals surface area contributed by atoms with E-state index in [4.69, 9.17) is 5.11 Å². The van der Waals surface area contributed by atoms with Gasteiger partial charge < -0.3 is 10.0 Å². The molecule has 21 heavy (non-hydrogen) atoms. The van der Waals surface area contributed by atoms with Gasteiger partial charge >= 0.3 is 5.97 Å². The minimum Gasteiger partial charge on any atom is -0.481 e. The molecule has 0 saturated heterocycles. The first-order valence-corrected chi connectivity index (χ1v) is 8.47. The van der Waals surface area contributed by atoms with E-state index in [0.717, 1.165) is 23.9 Å². The van der Waals surface area contributed by atoms with Crippen LogP contribution >= 0.6 is 15.9 Å². The molecule has 2 rings (SSSR count). The first kappa shape index (κ1) is 16.3. The van der Waals surface area contributed by atoms with Gasteiger partial charge in [0.15, 0.2) is 0 Å². The second-order valence-corrected chi connectivity index (χ2v) is 7.17. The highest BCUT2D eigenvalue weighted by atomic mass is 79.9. The number of fused-ring (bicyclic) bond motifs is 1. The molecule has 0 bridgehead atoms. The smallest absolute Gasteiger partial charge is 0.303 e. The Morgan fingerprint density at radius 3 is 2.76 bits per heavy atom. The lowest BCUT2D eigenvalue weighted by Gasteiger charge is -2.27. The molecule has 4 heteroatoms. The SMILES string of the molecule is CC(CCC(=O)O)CCN1c2ccc(Br)cc2C(C)C1C. The normalized spacial score (nSPS) is 22.2. The molecule has 0 aliphatic carbocycles. The molecule has 0 amide bonds. The Hall–Kier alpha value is -1.03. The van der Waals surface area contributed by atoms with Crippen LogP contribution < -0.4 is 4.90 Å². The van der Waals surface area contributed by atoms with E-state index in [0.29, 0.717) is 17.9 Å². The van der Waals surface area contributed by atoms with Crippen LogP contribution in [0.1, 0.15) is 51.5 Å². The quantitative estimate of drug-likeness (QED) is 0.808. The number of hydrogen-bond acceptors (Lipinski definition) is 2. The van der Waals surface area contributed by atoms with E-state index in [-0.39, 0.29) is 6.42 Å². The number of carboxylic acids is 1. The van der Waals surface area contributed by atoms with Crippen LogP contribution in [0.3, 0.4) is 0 Å². The molecular weight excluding hydrogens is 330 g/mol. The van der Waals surface area contributed by atoms with Crippen molar-refractivity contribution < 1.29 is 9.90 Å². The summed E-state index contributed by atoms with van der Waals surface area (Å²) in [7, 11) is 0. The van der Waals surface area contributed by atoms with Gasteiger partial charge in [-0.05, 0) is 49.4 Å². The zero-order chi connectivity index (χ0) is 15.6. The van der Waals surface area contributed by atoms with Crippen molar-refractivity contribution in [3.8, 4) is 0 Å². The lowest BCUT2D eigenvalue weighted by molar-refractivity contribution is -0.137. The summed E-state index contributed by atoms with van der Waals surface area (Å²) in [4.78, 5) is 13.1. The van der Waals surface area contributed by atoms with Crippen molar-refractivity contribution >= 4 is 27.6 Å². The monoisotopic (exact) mass is 353 g/mol. The highest BCUT2D eigenvalue weighted by Crippen LogP contribution is 2.42. The van der Waals surface area contributed by atoms with Crippen molar-refractivity contribution in [2.45, 2.75) is 52.0 Å². The maximum atomic E-state index is 10.6. The summed E-state index contributed by atoms with van der Waals surface area (Å²) in [5.41, 5.74) is 2.75. The predicted molar refractivity (Wildman–Crippen MR) is 90.0 cm³/mol. The van der Waals surface area contributed by atoms with E-state index >= 15 is 0 Å². The number of nitrogens with zero attached hydrogens (tertiary/aromatic N) is 1. The minimum atomic E-state index is -0.694. The lowest BCUT2D eigenvalue weighted by Crippen LogP contribution is -2.32. The van der Waals surface area contributed by atoms with Crippen LogP contribution in [0.4, 0.5) is 5.69 Å². The number of rotatable bonds is 6. The van der Waals surface area contributed by atoms with Crippen molar-refractivity contribution in [2.75, 3.05) is 11.4 Å². The Morgan fingerprint density at radius 1 is 1.38 bits per heavy atom. The van der Waals surface area contributed by atoms with Gasteiger partial charge in [0.25, 0.3) is 0 Å². The molecule has 116 valence electrons. The first-order chi connectivity index (χ1) is 9.90. The predicted octanol–water partition coefficient (Wildman–Crippen LogP) is 4.65. The summed E-state index contributed by atoms with van der Waals surface area (Å²) in [5.74, 6) is 0.287. The van der Waals surface area contributed by atoms with E-state index in [1.807, 2.05) is 0 Å². The van der Waals surface area contributed by atoms with Gasteiger partial charge in [0.05, 0.1) is 0 Å². The van der Waals surface area contributed by atoms with Crippen LogP contribution in [0, 0.1) is 5.92 Å². The number of carboxylic acid groups (broad SMARTS) is 1. The van der Waals surface area contributed by atoms with Crippen LogP contribution in [0.25, 0.3) is 0 Å². The molecule has 1 aliphatic heterocycles. The molecule has 0 spiro atoms. The number of aliphatic carboxylic acids is 1. The van der Waals surface area contributed by atoms with E-state index in [9.17, 15) is 4.79 Å². The Kier molecular flexibility index (Phi) is 5.31. The molecule has 1 aromatic rings. The van der Waals surface area contributed by atoms with Crippen LogP contribution in [-0.2, 0) is 4.79 Å². The topological polar surface area (TPSA) is 40.5 Å². The van der Waals surface area contributed by atoms with Gasteiger partial charge in [-0.3, -0.25) is 4.79 Å². The molecule has 0 aromatic heterocycles. The molecule has 0 saturated carbocycles. The fourth-order valence-corrected chi connectivity index (χ4v) is 3.48. The summed E-state index contributed by atoms with van der Waals surface area (Å²) in [6.07, 6.45) is 2.08. The summed E-state index contributed by atoms with van der Waals surface area (Å²) in [6, 6.07) is 7.02. The van der Waals surface area contributed by atoms with Crippen LogP contribution in [0.2, 0.25) is 0 Å². The minimum absolute atomic E-state index is 0.274. The summed E-state index contributed by atoms with van der Waals surface area (Å²) in [5, 5.41) is 8.76. The molecule has 3 unspecified atom stereocenters. The Labute approximate surface area is 135 Å². The number of anilines is 1. The fraction of sp³-hybridized carbons (Fsp3) is 0.588. The van der Waals surface area contributed by atoms with Crippen LogP contribution in [0.5, 0.6) is 0 Å². The standard InChI is InChI=1S/C17H24BrNO2/c1-11(4-7-17(20)21)8-9-19-13(3)12(2)15-10-14(18)5-6-16(15)19/h5-6,10-13H,4,7-9H2,1-3H3,(H,20,21). The number of carbonyl (C=O) groups is 1. The molecule has 3 atom stereocenters. The van der Waals surface area contributed by atoms with Gasteiger partial charge in [0.1, 0.15) is 0 Å². The van der Waals surface area contributed by atoms with E-state index in [1.165, 1.54) is 11.3 Å². The van der Waals surface area contributed by atoms with Crippen molar-refractivity contribution in [3.05, 3.63) is 28.2 Å². The third-order valence-corrected chi connectivity index (χ3v) is 5.21. The summed E-state index contributed by atoms with van der Waals surface area (Å²) in [6.45, 7) is 7.71. The first-order valence-electron chi connectivity index (χ1n) is 7.68. The maximum absolute atomic E-state index is 10.6. The number of halogens is 1. The van der Waals surface area contributed by atoms with E-state index in [2.05, 4.69) is 59.8 Å². The van der Waals surface area contributed by atoms with Crippen molar-refractivity contribution in [1.82, 2.24) is 0 Å². The largest absolute Gasteiger partial charge is 0.481 e. The maximum Gasteiger partial charge on any atom is 0.303 e. The van der Waals surface area contributed by atoms with Gasteiger partial charge in [-0.1, -0.05) is 29.8 Å². The van der Waals surface area contributed by atoms with Gasteiger partial charge in [-0.25, -0.2) is 0 Å². The van der Waals surface area contributed by atoms with Crippen molar-refractivity contribution in [1.29, 1.82) is 0 Å². The Bertz CT molecular complexity index is 518. The van der Waals surface area contributed by atoms with Gasteiger partial charge in [0.2, 0.25) is 0 Å². The van der Waals surface area contributed by atoms with Crippen LogP contribution in [0.15, 0.2) is 22.7 Å². The van der Waals surface area contributed by atoms with E-state index in [1.54, 1.807) is 0 Å². The molecule has 1 aromatic carbocycles. The number of benzene rings is 1.